The van der Waals surface area contributed by atoms with Crippen LogP contribution in [0, 0.1) is 39.9 Å². The fourth-order valence-electron chi connectivity index (χ4n) is 8.35. The molecule has 4 aliphatic rings. The molecule has 0 fully saturated rings. The summed E-state index contributed by atoms with van der Waals surface area (Å²) in [5, 5.41) is 33.5. The maximum atomic E-state index is 10.7. The normalized spacial score (nSPS) is 22.5. The third-order valence-corrected chi connectivity index (χ3v) is 10.2. The van der Waals surface area contributed by atoms with Crippen LogP contribution in [0.5, 0.6) is 0 Å². The summed E-state index contributed by atoms with van der Waals surface area (Å²) >= 11 is 0. The number of para-hydroxylation sites is 2. The summed E-state index contributed by atoms with van der Waals surface area (Å²) in [6, 6.07) is 24.2. The van der Waals surface area contributed by atoms with Crippen LogP contribution in [0.25, 0.3) is 34.0 Å². The minimum Gasteiger partial charge on any atom is -0.333 e. The minimum atomic E-state index is -0.321. The Hall–Kier alpha value is -5.31. The fourth-order valence-corrected chi connectivity index (χ4v) is 8.35. The van der Waals surface area contributed by atoms with E-state index in [9.17, 15) is 15.8 Å². The molecule has 4 aromatic rings. The van der Waals surface area contributed by atoms with Crippen LogP contribution >= 0.6 is 0 Å². The summed E-state index contributed by atoms with van der Waals surface area (Å²) in [6.07, 6.45) is 19.0. The van der Waals surface area contributed by atoms with E-state index in [0.717, 1.165) is 48.9 Å². The third-order valence-electron chi connectivity index (χ3n) is 10.2. The lowest BCUT2D eigenvalue weighted by Crippen LogP contribution is -2.32. The second-order valence-electron chi connectivity index (χ2n) is 12.3. The van der Waals surface area contributed by atoms with Gasteiger partial charge in [0.25, 0.3) is 0 Å². The molecule has 3 unspecified atom stereocenters. The van der Waals surface area contributed by atoms with Gasteiger partial charge in [-0.2, -0.15) is 15.8 Å². The maximum Gasteiger partial charge on any atom is 0.0980 e. The molecule has 5 nitrogen and oxygen atoms in total. The summed E-state index contributed by atoms with van der Waals surface area (Å²) < 4.78 is 4.83. The molecule has 44 heavy (non-hydrogen) atoms. The van der Waals surface area contributed by atoms with E-state index in [2.05, 4.69) is 106 Å². The van der Waals surface area contributed by atoms with Crippen LogP contribution in [-0.4, -0.2) is 9.13 Å². The predicted octanol–water partition coefficient (Wildman–Crippen LogP) is 8.83. The molecule has 0 bridgehead atoms. The van der Waals surface area contributed by atoms with Crippen molar-refractivity contribution in [2.45, 2.75) is 57.0 Å². The smallest absolute Gasteiger partial charge is 0.0980 e. The van der Waals surface area contributed by atoms with Crippen molar-refractivity contribution in [3.05, 3.63) is 118 Å². The van der Waals surface area contributed by atoms with Crippen LogP contribution in [0.4, 0.5) is 0 Å². The van der Waals surface area contributed by atoms with Gasteiger partial charge in [-0.1, -0.05) is 54.6 Å². The highest BCUT2D eigenvalue weighted by molar-refractivity contribution is 5.90. The van der Waals surface area contributed by atoms with Crippen molar-refractivity contribution < 1.29 is 0 Å². The van der Waals surface area contributed by atoms with E-state index in [-0.39, 0.29) is 18.0 Å². The number of aromatic nitrogens is 2. The lowest BCUT2D eigenvalue weighted by Gasteiger charge is -2.40. The van der Waals surface area contributed by atoms with E-state index in [4.69, 9.17) is 0 Å². The van der Waals surface area contributed by atoms with E-state index in [1.807, 2.05) is 6.08 Å². The number of benzene rings is 2. The highest BCUT2D eigenvalue weighted by Crippen LogP contribution is 2.51. The molecule has 3 atom stereocenters. The van der Waals surface area contributed by atoms with Gasteiger partial charge in [-0.3, -0.25) is 0 Å². The van der Waals surface area contributed by atoms with Crippen molar-refractivity contribution >= 4 is 34.0 Å². The number of hydrogen-bond acceptors (Lipinski definition) is 3. The van der Waals surface area contributed by atoms with E-state index in [0.29, 0.717) is 24.0 Å². The van der Waals surface area contributed by atoms with Gasteiger partial charge in [0.05, 0.1) is 35.9 Å². The molecule has 212 valence electrons. The maximum absolute atomic E-state index is 10.7. The Balaban J connectivity index is 1.39. The first-order valence-electron chi connectivity index (χ1n) is 15.6. The molecule has 4 aliphatic carbocycles. The van der Waals surface area contributed by atoms with E-state index in [1.54, 1.807) is 0 Å². The summed E-state index contributed by atoms with van der Waals surface area (Å²) in [5.74, 6) is -0.0251. The monoisotopic (exact) mass is 569 g/mol. The first kappa shape index (κ1) is 26.3. The van der Waals surface area contributed by atoms with Gasteiger partial charge in [0.2, 0.25) is 0 Å². The van der Waals surface area contributed by atoms with Crippen LogP contribution in [0.15, 0.2) is 95.1 Å². The molecule has 0 saturated heterocycles. The van der Waals surface area contributed by atoms with E-state index >= 15 is 0 Å². The molecule has 0 N–H and O–H groups in total. The Bertz CT molecular complexity index is 2150. The summed E-state index contributed by atoms with van der Waals surface area (Å²) in [5.41, 5.74) is 10.5. The zero-order valence-corrected chi connectivity index (χ0v) is 24.5. The lowest BCUT2D eigenvalue weighted by atomic mass is 9.72. The Morgan fingerprint density at radius 1 is 0.682 bits per heavy atom. The van der Waals surface area contributed by atoms with Crippen LogP contribution in [0.2, 0.25) is 0 Å². The molecule has 0 saturated carbocycles. The average Bonchev–Trinajstić information content (AvgIpc) is 3.60. The second kappa shape index (κ2) is 10.4. The quantitative estimate of drug-likeness (QED) is 0.247. The Labute approximate surface area is 257 Å². The van der Waals surface area contributed by atoms with Gasteiger partial charge in [0, 0.05) is 56.7 Å². The van der Waals surface area contributed by atoms with Crippen LogP contribution in [0.3, 0.4) is 0 Å². The Morgan fingerprint density at radius 2 is 1.32 bits per heavy atom. The van der Waals surface area contributed by atoms with Crippen molar-refractivity contribution in [2.75, 3.05) is 0 Å². The number of rotatable bonds is 3. The van der Waals surface area contributed by atoms with Crippen LogP contribution in [-0.2, 0) is 12.8 Å². The van der Waals surface area contributed by atoms with Crippen LogP contribution < -0.4 is 0 Å². The largest absolute Gasteiger partial charge is 0.333 e. The van der Waals surface area contributed by atoms with Gasteiger partial charge in [0.1, 0.15) is 0 Å². The molecule has 5 heteroatoms. The number of aryl methyl sites for hydroxylation is 2. The zero-order chi connectivity index (χ0) is 29.8. The van der Waals surface area contributed by atoms with Gasteiger partial charge in [-0.25, -0.2) is 0 Å². The molecule has 2 aromatic carbocycles. The van der Waals surface area contributed by atoms with Crippen molar-refractivity contribution in [1.82, 2.24) is 9.13 Å². The van der Waals surface area contributed by atoms with Gasteiger partial charge >= 0.3 is 0 Å². The van der Waals surface area contributed by atoms with Crippen LogP contribution in [0.1, 0.15) is 66.7 Å². The zero-order valence-electron chi connectivity index (χ0n) is 24.5. The molecular formula is C39H31N5. The van der Waals surface area contributed by atoms with Crippen molar-refractivity contribution in [2.24, 2.45) is 5.92 Å². The molecule has 2 aromatic heterocycles. The van der Waals surface area contributed by atoms with E-state index in [1.165, 1.54) is 38.7 Å². The Morgan fingerprint density at radius 3 is 1.95 bits per heavy atom. The fraction of sp³-hybridized carbons (Fsp3) is 0.256. The second-order valence-corrected chi connectivity index (χ2v) is 12.3. The van der Waals surface area contributed by atoms with Crippen molar-refractivity contribution in [1.29, 1.82) is 15.8 Å². The van der Waals surface area contributed by atoms with Gasteiger partial charge in [0.15, 0.2) is 0 Å². The summed E-state index contributed by atoms with van der Waals surface area (Å²) in [4.78, 5) is 0. The summed E-state index contributed by atoms with van der Waals surface area (Å²) in [6.45, 7) is 0. The average molecular weight is 570 g/mol. The highest BCUT2D eigenvalue weighted by Gasteiger charge is 2.41. The number of hydrogen-bond donors (Lipinski definition) is 0. The van der Waals surface area contributed by atoms with Gasteiger partial charge < -0.3 is 9.13 Å². The minimum absolute atomic E-state index is 0.0251. The van der Waals surface area contributed by atoms with Crippen molar-refractivity contribution in [3.63, 3.8) is 0 Å². The first-order chi connectivity index (χ1) is 21.7. The number of nitrogens with zero attached hydrogens (tertiary/aromatic N) is 5. The topological polar surface area (TPSA) is 81.2 Å². The Kier molecular flexibility index (Phi) is 6.25. The van der Waals surface area contributed by atoms with Gasteiger partial charge in [-0.15, -0.1) is 0 Å². The molecule has 0 aliphatic heterocycles. The van der Waals surface area contributed by atoms with Gasteiger partial charge in [-0.05, 0) is 85.6 Å². The molecule has 0 spiro atoms. The standard InChI is InChI=1S/C39H31N5/c40-22-25-17-19-31(38(21-25)43-34-13-5-1-9-27(34)28-10-2-6-14-35(28)43)32-20-18-26(23-41)33(24-42)39(32)44-36-15-7-3-11-29(36)30-12-4-8-16-37(30)44/h1,3,5-9,11,13-17,19,32,38-39H,2,4,10,12,18,20-21H2. The number of fused-ring (bicyclic) bond motifs is 6. The lowest BCUT2D eigenvalue weighted by molar-refractivity contribution is 0.353. The molecule has 0 radical (unpaired) electrons. The highest BCUT2D eigenvalue weighted by atomic mass is 15.1. The third kappa shape index (κ3) is 3.81. The molecule has 2 heterocycles. The summed E-state index contributed by atoms with van der Waals surface area (Å²) in [7, 11) is 0. The predicted molar refractivity (Wildman–Crippen MR) is 174 cm³/mol. The first-order valence-corrected chi connectivity index (χ1v) is 15.6. The number of allylic oxidation sites excluding steroid dienone is 8. The van der Waals surface area contributed by atoms with Crippen molar-refractivity contribution in [3.8, 4) is 18.2 Å². The molecule has 0 amide bonds. The molecular weight excluding hydrogens is 538 g/mol. The van der Waals surface area contributed by atoms with E-state index < -0.39 is 0 Å². The number of nitriles is 3. The SMILES string of the molecule is N#CC1=CC=C(C2CCC(C#N)=C(C#N)C2n2c3c(c4ccccc42)CCC=C3)C(n2c3c(c4ccccc42)CCC=C3)C1. The molecule has 8 rings (SSSR count).